The van der Waals surface area contributed by atoms with Crippen molar-refractivity contribution in [2.75, 3.05) is 11.9 Å². The summed E-state index contributed by atoms with van der Waals surface area (Å²) in [7, 11) is 0. The van der Waals surface area contributed by atoms with Gasteiger partial charge in [-0.15, -0.1) is 0 Å². The SMILES string of the molecule is C[C@@H](CCO)Nc1ccc(Br)cn1. The van der Waals surface area contributed by atoms with Gasteiger partial charge in [-0.1, -0.05) is 0 Å². The van der Waals surface area contributed by atoms with E-state index in [4.69, 9.17) is 5.11 Å². The number of rotatable bonds is 4. The Hall–Kier alpha value is -0.610. The molecule has 1 rings (SSSR count). The molecule has 0 amide bonds. The molecule has 0 aliphatic carbocycles. The first-order valence-corrected chi connectivity index (χ1v) is 5.00. The van der Waals surface area contributed by atoms with E-state index in [1.54, 1.807) is 6.20 Å². The average molecular weight is 245 g/mol. The highest BCUT2D eigenvalue weighted by molar-refractivity contribution is 9.10. The van der Waals surface area contributed by atoms with Crippen LogP contribution in [-0.2, 0) is 0 Å². The number of halogens is 1. The van der Waals surface area contributed by atoms with Crippen LogP contribution in [0.5, 0.6) is 0 Å². The Morgan fingerprint density at radius 2 is 2.38 bits per heavy atom. The Labute approximate surface area is 86.3 Å². The summed E-state index contributed by atoms with van der Waals surface area (Å²) in [4.78, 5) is 4.16. The van der Waals surface area contributed by atoms with E-state index in [0.717, 1.165) is 16.7 Å². The summed E-state index contributed by atoms with van der Waals surface area (Å²) < 4.78 is 0.966. The van der Waals surface area contributed by atoms with Gasteiger partial charge >= 0.3 is 0 Å². The fourth-order valence-electron chi connectivity index (χ4n) is 0.979. The lowest BCUT2D eigenvalue weighted by atomic mass is 10.2. The summed E-state index contributed by atoms with van der Waals surface area (Å²) in [5.74, 6) is 0.837. The first-order valence-electron chi connectivity index (χ1n) is 4.21. The molecule has 0 unspecified atom stereocenters. The zero-order chi connectivity index (χ0) is 9.68. The van der Waals surface area contributed by atoms with Gasteiger partial charge in [0.2, 0.25) is 0 Å². The van der Waals surface area contributed by atoms with Crippen LogP contribution in [0.15, 0.2) is 22.8 Å². The molecule has 1 atom stereocenters. The Balaban J connectivity index is 2.49. The third-order valence-electron chi connectivity index (χ3n) is 1.68. The van der Waals surface area contributed by atoms with Gasteiger partial charge in [-0.3, -0.25) is 0 Å². The molecule has 0 radical (unpaired) electrons. The summed E-state index contributed by atoms with van der Waals surface area (Å²) in [5, 5.41) is 11.9. The number of aliphatic hydroxyl groups is 1. The van der Waals surface area contributed by atoms with Crippen LogP contribution < -0.4 is 5.32 Å². The molecule has 1 aromatic rings. The summed E-state index contributed by atoms with van der Waals surface area (Å²) >= 11 is 3.31. The molecule has 0 aliphatic rings. The molecular weight excluding hydrogens is 232 g/mol. The number of pyridine rings is 1. The average Bonchev–Trinajstić information content (AvgIpc) is 2.09. The standard InChI is InChI=1S/C9H13BrN2O/c1-7(4-5-13)12-9-3-2-8(10)6-11-9/h2-3,6-7,13H,4-5H2,1H3,(H,11,12)/t7-/m0/s1. The Bertz CT molecular complexity index is 250. The van der Waals surface area contributed by atoms with Crippen molar-refractivity contribution in [2.45, 2.75) is 19.4 Å². The van der Waals surface area contributed by atoms with E-state index in [0.29, 0.717) is 0 Å². The van der Waals surface area contributed by atoms with Crippen molar-refractivity contribution in [3.63, 3.8) is 0 Å². The highest BCUT2D eigenvalue weighted by Gasteiger charge is 2.00. The second-order valence-corrected chi connectivity index (χ2v) is 3.83. The molecule has 2 N–H and O–H groups in total. The number of aliphatic hydroxyl groups excluding tert-OH is 1. The van der Waals surface area contributed by atoms with Crippen molar-refractivity contribution >= 4 is 21.7 Å². The van der Waals surface area contributed by atoms with Crippen LogP contribution in [-0.4, -0.2) is 22.7 Å². The molecule has 1 aromatic heterocycles. The lowest BCUT2D eigenvalue weighted by Crippen LogP contribution is -2.17. The molecule has 1 heterocycles. The van der Waals surface area contributed by atoms with Crippen LogP contribution in [0, 0.1) is 0 Å². The number of aromatic nitrogens is 1. The highest BCUT2D eigenvalue weighted by atomic mass is 79.9. The zero-order valence-electron chi connectivity index (χ0n) is 7.50. The summed E-state index contributed by atoms with van der Waals surface area (Å²) in [6.07, 6.45) is 2.48. The predicted octanol–water partition coefficient (Wildman–Crippen LogP) is 2.03. The maximum atomic E-state index is 8.69. The second kappa shape index (κ2) is 5.19. The normalized spacial score (nSPS) is 12.5. The third-order valence-corrected chi connectivity index (χ3v) is 2.15. The lowest BCUT2D eigenvalue weighted by molar-refractivity contribution is 0.282. The molecular formula is C9H13BrN2O. The first-order chi connectivity index (χ1) is 6.22. The summed E-state index contributed by atoms with van der Waals surface area (Å²) in [6.45, 7) is 2.21. The largest absolute Gasteiger partial charge is 0.396 e. The highest BCUT2D eigenvalue weighted by Crippen LogP contribution is 2.11. The van der Waals surface area contributed by atoms with E-state index in [1.807, 2.05) is 19.1 Å². The minimum atomic E-state index is 0.199. The van der Waals surface area contributed by atoms with Crippen molar-refractivity contribution in [3.8, 4) is 0 Å². The van der Waals surface area contributed by atoms with E-state index >= 15 is 0 Å². The molecule has 4 heteroatoms. The second-order valence-electron chi connectivity index (χ2n) is 2.92. The molecule has 0 bridgehead atoms. The molecule has 0 saturated heterocycles. The van der Waals surface area contributed by atoms with Crippen LogP contribution in [0.3, 0.4) is 0 Å². The van der Waals surface area contributed by atoms with Gasteiger partial charge in [0.15, 0.2) is 0 Å². The molecule has 0 aromatic carbocycles. The molecule has 13 heavy (non-hydrogen) atoms. The fraction of sp³-hybridized carbons (Fsp3) is 0.444. The maximum Gasteiger partial charge on any atom is 0.126 e. The topological polar surface area (TPSA) is 45.1 Å². The number of nitrogens with one attached hydrogen (secondary N) is 1. The number of anilines is 1. The molecule has 0 fully saturated rings. The number of hydrogen-bond donors (Lipinski definition) is 2. The van der Waals surface area contributed by atoms with Gasteiger partial charge in [0.25, 0.3) is 0 Å². The predicted molar refractivity (Wildman–Crippen MR) is 56.7 cm³/mol. The van der Waals surface area contributed by atoms with Crippen molar-refractivity contribution in [1.82, 2.24) is 4.98 Å². The maximum absolute atomic E-state index is 8.69. The van der Waals surface area contributed by atoms with Gasteiger partial charge in [0, 0.05) is 23.3 Å². The molecule has 3 nitrogen and oxygen atoms in total. The van der Waals surface area contributed by atoms with Gasteiger partial charge < -0.3 is 10.4 Å². The van der Waals surface area contributed by atoms with E-state index in [1.165, 1.54) is 0 Å². The van der Waals surface area contributed by atoms with E-state index in [2.05, 4.69) is 26.2 Å². The quantitative estimate of drug-likeness (QED) is 0.853. The molecule has 0 aliphatic heterocycles. The number of nitrogens with zero attached hydrogens (tertiary/aromatic N) is 1. The van der Waals surface area contributed by atoms with Crippen molar-refractivity contribution in [1.29, 1.82) is 0 Å². The lowest BCUT2D eigenvalue weighted by Gasteiger charge is -2.12. The van der Waals surface area contributed by atoms with Gasteiger partial charge in [-0.05, 0) is 41.4 Å². The first kappa shape index (κ1) is 10.5. The Kier molecular flexibility index (Phi) is 4.18. The molecule has 0 saturated carbocycles. The summed E-state index contributed by atoms with van der Waals surface area (Å²) in [6, 6.07) is 4.08. The van der Waals surface area contributed by atoms with Crippen LogP contribution in [0.1, 0.15) is 13.3 Å². The number of hydrogen-bond acceptors (Lipinski definition) is 3. The van der Waals surface area contributed by atoms with Crippen LogP contribution in [0.4, 0.5) is 5.82 Å². The zero-order valence-corrected chi connectivity index (χ0v) is 9.08. The van der Waals surface area contributed by atoms with Crippen LogP contribution in [0.2, 0.25) is 0 Å². The van der Waals surface area contributed by atoms with Crippen molar-refractivity contribution in [2.24, 2.45) is 0 Å². The molecule has 0 spiro atoms. The molecule has 72 valence electrons. The van der Waals surface area contributed by atoms with E-state index < -0.39 is 0 Å². The Morgan fingerprint density at radius 1 is 1.62 bits per heavy atom. The van der Waals surface area contributed by atoms with E-state index in [-0.39, 0.29) is 12.6 Å². The van der Waals surface area contributed by atoms with Gasteiger partial charge in [0.05, 0.1) is 0 Å². The minimum absolute atomic E-state index is 0.199. The smallest absolute Gasteiger partial charge is 0.126 e. The van der Waals surface area contributed by atoms with E-state index in [9.17, 15) is 0 Å². The summed E-state index contributed by atoms with van der Waals surface area (Å²) in [5.41, 5.74) is 0. The van der Waals surface area contributed by atoms with Gasteiger partial charge in [-0.25, -0.2) is 4.98 Å². The van der Waals surface area contributed by atoms with Crippen LogP contribution in [0.25, 0.3) is 0 Å². The van der Waals surface area contributed by atoms with Crippen molar-refractivity contribution < 1.29 is 5.11 Å². The minimum Gasteiger partial charge on any atom is -0.396 e. The van der Waals surface area contributed by atoms with Gasteiger partial charge in [-0.2, -0.15) is 0 Å². The Morgan fingerprint density at radius 3 is 2.92 bits per heavy atom. The van der Waals surface area contributed by atoms with Gasteiger partial charge in [0.1, 0.15) is 5.82 Å². The van der Waals surface area contributed by atoms with Crippen LogP contribution >= 0.6 is 15.9 Å². The third kappa shape index (κ3) is 3.74. The monoisotopic (exact) mass is 244 g/mol. The van der Waals surface area contributed by atoms with Crippen molar-refractivity contribution in [3.05, 3.63) is 22.8 Å². The fourth-order valence-corrected chi connectivity index (χ4v) is 1.21.